The van der Waals surface area contributed by atoms with Gasteiger partial charge in [0.2, 0.25) is 0 Å². The molecule has 63 heavy (non-hydrogen) atoms. The van der Waals surface area contributed by atoms with Crippen LogP contribution in [-0.2, 0) is 49.4 Å². The van der Waals surface area contributed by atoms with Gasteiger partial charge in [-0.25, -0.2) is 0 Å². The number of carboxylic acid groups (broad SMARTS) is 1. The van der Waals surface area contributed by atoms with Crippen molar-refractivity contribution < 1.29 is 58.1 Å². The minimum atomic E-state index is -1.08. The summed E-state index contributed by atoms with van der Waals surface area (Å²) in [7, 11) is 0. The zero-order chi connectivity index (χ0) is 46.7. The van der Waals surface area contributed by atoms with Crippen LogP contribution in [0.1, 0.15) is 159 Å². The Bertz CT molecular complexity index is 1610. The molecule has 0 aliphatic carbocycles. The van der Waals surface area contributed by atoms with Crippen molar-refractivity contribution in [1.29, 1.82) is 0 Å². The number of Topliss-reactive ketones (excluding diaryl/α,β-unsaturated/α-hetero) is 1. The summed E-state index contributed by atoms with van der Waals surface area (Å²) in [5.74, 6) is -4.77. The lowest BCUT2D eigenvalue weighted by atomic mass is 9.72. The molecule has 2 spiro atoms. The second kappa shape index (κ2) is 23.7. The number of aliphatic carboxylic acids is 1. The number of hydrogen-bond donors (Lipinski definition) is 3. The predicted octanol–water partition coefficient (Wildman–Crippen LogP) is 9.56. The molecule has 0 bridgehead atoms. The minimum Gasteiger partial charge on any atom is -0.481 e. The zero-order valence-electron chi connectivity index (χ0n) is 40.3. The Labute approximate surface area is 378 Å². The van der Waals surface area contributed by atoms with Crippen LogP contribution in [0.4, 0.5) is 0 Å². The summed E-state index contributed by atoms with van der Waals surface area (Å²) >= 11 is 0. The second-order valence-corrected chi connectivity index (χ2v) is 19.5. The van der Waals surface area contributed by atoms with Gasteiger partial charge in [0.1, 0.15) is 12.4 Å². The smallest absolute Gasteiger partial charge is 0.311 e. The van der Waals surface area contributed by atoms with Gasteiger partial charge in [-0.15, -0.1) is 0 Å². The Kier molecular flexibility index (Phi) is 19.9. The molecule has 358 valence electrons. The molecule has 4 aliphatic rings. The predicted molar refractivity (Wildman–Crippen MR) is 241 cm³/mol. The maximum atomic E-state index is 14.6. The summed E-state index contributed by atoms with van der Waals surface area (Å²) in [6.07, 6.45) is 10.4. The van der Waals surface area contributed by atoms with Crippen molar-refractivity contribution in [2.75, 3.05) is 0 Å². The number of ether oxygens (including phenoxy) is 6. The molecule has 4 aliphatic heterocycles. The number of esters is 1. The lowest BCUT2D eigenvalue weighted by Gasteiger charge is -2.53. The molecule has 12 heteroatoms. The molecule has 5 unspecified atom stereocenters. The molecule has 3 saturated heterocycles. The molecule has 5 rings (SSSR count). The number of ketones is 1. The summed E-state index contributed by atoms with van der Waals surface area (Å²) in [6, 6.07) is 9.67. The Balaban J connectivity index is 0.00000209. The van der Waals surface area contributed by atoms with E-state index in [1.807, 2.05) is 64.1 Å². The maximum absolute atomic E-state index is 14.6. The number of aliphatic hydroxyl groups excluding tert-OH is 2. The summed E-state index contributed by atoms with van der Waals surface area (Å²) in [5, 5.41) is 29.6. The molecule has 3 N–H and O–H groups in total. The number of aliphatic hydroxyl groups is 2. The first-order valence-electron chi connectivity index (χ1n) is 24.1. The highest BCUT2D eigenvalue weighted by molar-refractivity contribution is 5.84. The van der Waals surface area contributed by atoms with Gasteiger partial charge in [0.25, 0.3) is 5.97 Å². The van der Waals surface area contributed by atoms with Crippen LogP contribution in [-0.4, -0.2) is 87.0 Å². The first-order chi connectivity index (χ1) is 29.8. The first kappa shape index (κ1) is 52.9. The van der Waals surface area contributed by atoms with Crippen LogP contribution >= 0.6 is 0 Å². The normalized spacial score (nSPS) is 33.9. The standard InChI is InChI=1S/C49H78O10.C2H4O2/c1-11-14-16-22-41(55-36(9)50)47(10)27-28-48(58-47)25-19-26-49(59-48)33(6)29-32(5)45(57-49)39(13-3)43(52)34(7)42(51)35(8)44-31(4)23-24-40(56-44)38(12-2)46(53)54-30-37-20-17-15-18-21-37;1-2(3)4/h15,17-21,26,31-36,38-42,44-45,50-51H,11-14,16,22-25,27-30H2,1-10H3;1H3,(H,3,4)/t31-,32-,33+,34?,35-,36-,38?,39?,40+,41+,42+,44?,45?,47-,48+,49-;/m0./s1. The Morgan fingerprint density at radius 2 is 1.56 bits per heavy atom. The van der Waals surface area contributed by atoms with Crippen molar-refractivity contribution in [1.82, 2.24) is 0 Å². The monoisotopic (exact) mass is 887 g/mol. The molecule has 0 saturated carbocycles. The maximum Gasteiger partial charge on any atom is 0.311 e. The van der Waals surface area contributed by atoms with E-state index in [9.17, 15) is 19.8 Å². The number of carbonyl (C=O) groups excluding carboxylic acids is 2. The SMILES string of the molecule is CC(=O)O.CCCCC[C@@H](O[C@@H](C)O)[C@]1(C)CC[C@]2(CC=C[C@]3(OC(C(CC)C(=O)C(C)[C@@H](O)[C@H](C)C4O[C@@H](C(CC)C(=O)OCc5ccccc5)CC[C@@H]4C)[C@@H](C)C[C@H]3C)O2)O1. The highest BCUT2D eigenvalue weighted by Gasteiger charge is 2.59. The van der Waals surface area contributed by atoms with Gasteiger partial charge in [-0.1, -0.05) is 111 Å². The first-order valence-corrected chi connectivity index (χ1v) is 24.1. The molecular formula is C51H82O12. The summed E-state index contributed by atoms with van der Waals surface area (Å²) < 4.78 is 39.6. The van der Waals surface area contributed by atoms with E-state index in [-0.39, 0.29) is 60.3 Å². The minimum absolute atomic E-state index is 0.00258. The third-order valence-corrected chi connectivity index (χ3v) is 14.4. The van der Waals surface area contributed by atoms with E-state index < -0.39 is 59.4 Å². The quantitative estimate of drug-likeness (QED) is 0.0522. The van der Waals surface area contributed by atoms with Crippen LogP contribution in [0.3, 0.4) is 0 Å². The highest BCUT2D eigenvalue weighted by atomic mass is 16.8. The Hall–Kier alpha value is -2.71. The number of rotatable bonds is 19. The summed E-state index contributed by atoms with van der Waals surface area (Å²) in [4.78, 5) is 36.9. The fourth-order valence-electron chi connectivity index (χ4n) is 10.7. The number of unbranched alkanes of at least 4 members (excludes halogenated alkanes) is 2. The van der Waals surface area contributed by atoms with Crippen LogP contribution in [0.15, 0.2) is 42.5 Å². The van der Waals surface area contributed by atoms with Crippen molar-refractivity contribution in [3.8, 4) is 0 Å². The second-order valence-electron chi connectivity index (χ2n) is 19.5. The van der Waals surface area contributed by atoms with Gasteiger partial charge in [0.05, 0.1) is 42.0 Å². The average molecular weight is 887 g/mol. The molecule has 4 heterocycles. The Morgan fingerprint density at radius 3 is 2.17 bits per heavy atom. The number of benzene rings is 1. The van der Waals surface area contributed by atoms with E-state index in [0.29, 0.717) is 25.7 Å². The van der Waals surface area contributed by atoms with Gasteiger partial charge in [0.15, 0.2) is 17.9 Å². The van der Waals surface area contributed by atoms with E-state index in [2.05, 4.69) is 40.7 Å². The Morgan fingerprint density at radius 1 is 0.889 bits per heavy atom. The van der Waals surface area contributed by atoms with Crippen LogP contribution in [0.5, 0.6) is 0 Å². The number of carbonyl (C=O) groups is 3. The molecular weight excluding hydrogens is 805 g/mol. The van der Waals surface area contributed by atoms with Crippen molar-refractivity contribution in [3.05, 3.63) is 48.0 Å². The molecule has 1 aromatic carbocycles. The van der Waals surface area contributed by atoms with Crippen LogP contribution < -0.4 is 0 Å². The van der Waals surface area contributed by atoms with Gasteiger partial charge in [-0.3, -0.25) is 14.4 Å². The lowest BCUT2D eigenvalue weighted by Crippen LogP contribution is -2.59. The van der Waals surface area contributed by atoms with Gasteiger partial charge in [0, 0.05) is 43.4 Å². The van der Waals surface area contributed by atoms with Crippen molar-refractivity contribution in [3.63, 3.8) is 0 Å². The fourth-order valence-corrected chi connectivity index (χ4v) is 10.7. The highest BCUT2D eigenvalue weighted by Crippen LogP contribution is 2.53. The fraction of sp³-hybridized carbons (Fsp3) is 0.784. The number of hydrogen-bond acceptors (Lipinski definition) is 11. The van der Waals surface area contributed by atoms with Gasteiger partial charge in [-0.05, 0) is 82.3 Å². The molecule has 3 fully saturated rings. The molecule has 0 amide bonds. The topological polar surface area (TPSA) is 167 Å². The van der Waals surface area contributed by atoms with Gasteiger partial charge >= 0.3 is 5.97 Å². The number of carboxylic acids is 1. The van der Waals surface area contributed by atoms with E-state index in [4.69, 9.17) is 38.3 Å². The van der Waals surface area contributed by atoms with E-state index >= 15 is 0 Å². The lowest BCUT2D eigenvalue weighted by molar-refractivity contribution is -0.393. The van der Waals surface area contributed by atoms with Crippen molar-refractivity contribution in [2.45, 2.75) is 214 Å². The van der Waals surface area contributed by atoms with E-state index in [0.717, 1.165) is 63.9 Å². The third kappa shape index (κ3) is 13.4. The average Bonchev–Trinajstić information content (AvgIpc) is 3.57. The van der Waals surface area contributed by atoms with Crippen LogP contribution in [0.25, 0.3) is 0 Å². The van der Waals surface area contributed by atoms with E-state index in [1.165, 1.54) is 0 Å². The van der Waals surface area contributed by atoms with Crippen LogP contribution in [0, 0.1) is 41.4 Å². The molecule has 16 atom stereocenters. The van der Waals surface area contributed by atoms with Crippen molar-refractivity contribution in [2.24, 2.45) is 41.4 Å². The van der Waals surface area contributed by atoms with Crippen molar-refractivity contribution >= 4 is 17.7 Å². The zero-order valence-corrected chi connectivity index (χ0v) is 40.3. The summed E-state index contributed by atoms with van der Waals surface area (Å²) in [6.45, 7) is 21.5. The molecule has 0 radical (unpaired) electrons. The van der Waals surface area contributed by atoms with E-state index in [1.54, 1.807) is 6.92 Å². The van der Waals surface area contributed by atoms with Gasteiger partial charge in [-0.2, -0.15) is 0 Å². The largest absolute Gasteiger partial charge is 0.481 e. The summed E-state index contributed by atoms with van der Waals surface area (Å²) in [5.41, 5.74) is 0.295. The third-order valence-electron chi connectivity index (χ3n) is 14.4. The molecule has 0 aromatic heterocycles. The van der Waals surface area contributed by atoms with Crippen LogP contribution in [0.2, 0.25) is 0 Å². The molecule has 1 aromatic rings. The van der Waals surface area contributed by atoms with Gasteiger partial charge < -0.3 is 43.7 Å². The molecule has 12 nitrogen and oxygen atoms in total.